The Labute approximate surface area is 173 Å². The van der Waals surface area contributed by atoms with Crippen molar-refractivity contribution >= 4 is 40.8 Å². The van der Waals surface area contributed by atoms with Gasteiger partial charge in [-0.05, 0) is 56.7 Å². The minimum Gasteiger partial charge on any atom is -0.378 e. The molecule has 0 spiro atoms. The van der Waals surface area contributed by atoms with E-state index in [0.29, 0.717) is 6.10 Å². The van der Waals surface area contributed by atoms with Crippen LogP contribution in [0.4, 0.5) is 0 Å². The van der Waals surface area contributed by atoms with Crippen LogP contribution >= 0.6 is 24.0 Å². The number of benzene rings is 1. The van der Waals surface area contributed by atoms with Gasteiger partial charge in [-0.1, -0.05) is 12.1 Å². The first kappa shape index (κ1) is 21.0. The van der Waals surface area contributed by atoms with Crippen LogP contribution in [0.25, 0.3) is 10.9 Å². The molecule has 6 heteroatoms. The van der Waals surface area contributed by atoms with E-state index in [9.17, 15) is 0 Å². The van der Waals surface area contributed by atoms with Crippen LogP contribution in [0.1, 0.15) is 37.3 Å². The van der Waals surface area contributed by atoms with E-state index in [4.69, 9.17) is 4.74 Å². The maximum absolute atomic E-state index is 5.66. The third kappa shape index (κ3) is 5.87. The number of aromatic nitrogens is 1. The maximum Gasteiger partial charge on any atom is 0.191 e. The first-order valence-electron chi connectivity index (χ1n) is 9.46. The highest BCUT2D eigenvalue weighted by molar-refractivity contribution is 14.0. The Morgan fingerprint density at radius 3 is 3.00 bits per heavy atom. The lowest BCUT2D eigenvalue weighted by molar-refractivity contribution is 0.106. The van der Waals surface area contributed by atoms with Crippen molar-refractivity contribution in [1.82, 2.24) is 15.6 Å². The van der Waals surface area contributed by atoms with E-state index in [1.807, 2.05) is 0 Å². The van der Waals surface area contributed by atoms with E-state index in [0.717, 1.165) is 45.0 Å². The van der Waals surface area contributed by atoms with Gasteiger partial charge in [-0.3, -0.25) is 4.99 Å². The second-order valence-electron chi connectivity index (χ2n) is 6.72. The molecule has 3 N–H and O–H groups in total. The molecular formula is C20H31IN4O. The molecule has 1 atom stereocenters. The highest BCUT2D eigenvalue weighted by atomic mass is 127. The highest BCUT2D eigenvalue weighted by Gasteiger charge is 2.14. The lowest BCUT2D eigenvalue weighted by Gasteiger charge is -2.12. The Kier molecular flexibility index (Phi) is 8.71. The zero-order valence-electron chi connectivity index (χ0n) is 15.8. The second-order valence-corrected chi connectivity index (χ2v) is 6.72. The van der Waals surface area contributed by atoms with E-state index in [2.05, 4.69) is 58.9 Å². The van der Waals surface area contributed by atoms with Crippen molar-refractivity contribution in [2.24, 2.45) is 4.99 Å². The summed E-state index contributed by atoms with van der Waals surface area (Å²) in [5.41, 5.74) is 3.84. The molecule has 0 amide bonds. The number of fused-ring (bicyclic) bond motifs is 1. The normalized spacial score (nSPS) is 17.3. The van der Waals surface area contributed by atoms with Crippen molar-refractivity contribution in [2.45, 2.75) is 45.6 Å². The van der Waals surface area contributed by atoms with Gasteiger partial charge < -0.3 is 20.4 Å². The Balaban J connectivity index is 0.00000243. The Morgan fingerprint density at radius 2 is 2.23 bits per heavy atom. The Hall–Kier alpha value is -1.28. The topological polar surface area (TPSA) is 61.4 Å². The van der Waals surface area contributed by atoms with Crippen LogP contribution in [-0.4, -0.2) is 43.3 Å². The fourth-order valence-electron chi connectivity index (χ4n) is 3.36. The van der Waals surface area contributed by atoms with Crippen LogP contribution < -0.4 is 10.6 Å². The van der Waals surface area contributed by atoms with Crippen LogP contribution in [0, 0.1) is 6.92 Å². The summed E-state index contributed by atoms with van der Waals surface area (Å²) < 4.78 is 5.66. The number of halogens is 1. The van der Waals surface area contributed by atoms with Gasteiger partial charge in [0.25, 0.3) is 0 Å². The number of aryl methyl sites for hydroxylation is 1. The Bertz CT molecular complexity index is 707. The van der Waals surface area contributed by atoms with Crippen molar-refractivity contribution in [1.29, 1.82) is 0 Å². The van der Waals surface area contributed by atoms with Crippen LogP contribution in [0.2, 0.25) is 0 Å². The summed E-state index contributed by atoms with van der Waals surface area (Å²) in [5, 5.41) is 8.08. The standard InChI is InChI=1S/C20H30N4O.HI/c1-3-21-20(23-11-9-17-5-4-12-25-17)22-10-8-16-14-24-19-13-15(2)6-7-18(16)19;/h6-7,13-14,17,24H,3-5,8-12H2,1-2H3,(H2,21,22,23);1H. The monoisotopic (exact) mass is 470 g/mol. The smallest absolute Gasteiger partial charge is 0.191 e. The number of guanidine groups is 1. The fourth-order valence-corrected chi connectivity index (χ4v) is 3.36. The van der Waals surface area contributed by atoms with E-state index in [1.54, 1.807) is 0 Å². The summed E-state index contributed by atoms with van der Waals surface area (Å²) in [4.78, 5) is 8.05. The summed E-state index contributed by atoms with van der Waals surface area (Å²) in [6.07, 6.45) is 6.88. The number of aromatic amines is 1. The van der Waals surface area contributed by atoms with Crippen molar-refractivity contribution in [2.75, 3.05) is 26.2 Å². The molecule has 0 radical (unpaired) electrons. The maximum atomic E-state index is 5.66. The average molecular weight is 470 g/mol. The largest absolute Gasteiger partial charge is 0.378 e. The third-order valence-electron chi connectivity index (χ3n) is 4.70. The first-order valence-corrected chi connectivity index (χ1v) is 9.46. The average Bonchev–Trinajstić information content (AvgIpc) is 3.24. The van der Waals surface area contributed by atoms with Crippen molar-refractivity contribution < 1.29 is 4.74 Å². The molecule has 0 saturated carbocycles. The number of H-pyrrole nitrogens is 1. The van der Waals surface area contributed by atoms with E-state index < -0.39 is 0 Å². The molecular weight excluding hydrogens is 439 g/mol. The number of nitrogens with one attached hydrogen (secondary N) is 3. The number of rotatable bonds is 7. The van der Waals surface area contributed by atoms with E-state index >= 15 is 0 Å². The SMILES string of the molecule is CCNC(=NCCC1CCCO1)NCCc1c[nH]c2cc(C)ccc12.I. The molecule has 2 heterocycles. The van der Waals surface area contributed by atoms with Crippen molar-refractivity contribution in [3.8, 4) is 0 Å². The first-order chi connectivity index (χ1) is 12.3. The summed E-state index contributed by atoms with van der Waals surface area (Å²) >= 11 is 0. The number of aliphatic imine (C=N–C) groups is 1. The number of hydrogen-bond donors (Lipinski definition) is 3. The molecule has 0 bridgehead atoms. The van der Waals surface area contributed by atoms with Gasteiger partial charge in [0.1, 0.15) is 0 Å². The van der Waals surface area contributed by atoms with E-state index in [1.165, 1.54) is 34.9 Å². The van der Waals surface area contributed by atoms with Gasteiger partial charge >= 0.3 is 0 Å². The summed E-state index contributed by atoms with van der Waals surface area (Å²) in [7, 11) is 0. The van der Waals surface area contributed by atoms with Crippen LogP contribution in [-0.2, 0) is 11.2 Å². The molecule has 1 fully saturated rings. The quantitative estimate of drug-likeness (QED) is 0.328. The molecule has 3 rings (SSSR count). The number of nitrogens with zero attached hydrogens (tertiary/aromatic N) is 1. The predicted octanol–water partition coefficient (Wildman–Crippen LogP) is 3.76. The van der Waals surface area contributed by atoms with Gasteiger partial charge in [0.2, 0.25) is 0 Å². The van der Waals surface area contributed by atoms with Crippen LogP contribution in [0.3, 0.4) is 0 Å². The summed E-state index contributed by atoms with van der Waals surface area (Å²) in [6, 6.07) is 6.57. The minimum atomic E-state index is 0. The van der Waals surface area contributed by atoms with Crippen LogP contribution in [0.15, 0.2) is 29.4 Å². The van der Waals surface area contributed by atoms with E-state index in [-0.39, 0.29) is 24.0 Å². The molecule has 26 heavy (non-hydrogen) atoms. The lowest BCUT2D eigenvalue weighted by Crippen LogP contribution is -2.38. The van der Waals surface area contributed by atoms with Gasteiger partial charge in [0, 0.05) is 43.3 Å². The lowest BCUT2D eigenvalue weighted by atomic mass is 10.1. The number of ether oxygens (including phenoxy) is 1. The second kappa shape index (κ2) is 10.8. The molecule has 1 aromatic carbocycles. The zero-order chi connectivity index (χ0) is 17.5. The van der Waals surface area contributed by atoms with Gasteiger partial charge in [0.15, 0.2) is 5.96 Å². The Morgan fingerprint density at radius 1 is 1.35 bits per heavy atom. The summed E-state index contributed by atoms with van der Waals surface area (Å²) in [6.45, 7) is 7.69. The molecule has 1 aromatic heterocycles. The number of hydrogen-bond acceptors (Lipinski definition) is 2. The van der Waals surface area contributed by atoms with Gasteiger partial charge in [-0.25, -0.2) is 0 Å². The molecule has 1 unspecified atom stereocenters. The fraction of sp³-hybridized carbons (Fsp3) is 0.550. The van der Waals surface area contributed by atoms with Gasteiger partial charge in [-0.2, -0.15) is 0 Å². The molecule has 5 nitrogen and oxygen atoms in total. The molecule has 2 aromatic rings. The molecule has 0 aliphatic carbocycles. The summed E-state index contributed by atoms with van der Waals surface area (Å²) in [5.74, 6) is 0.899. The third-order valence-corrected chi connectivity index (χ3v) is 4.70. The zero-order valence-corrected chi connectivity index (χ0v) is 18.1. The predicted molar refractivity (Wildman–Crippen MR) is 120 cm³/mol. The molecule has 1 saturated heterocycles. The highest BCUT2D eigenvalue weighted by Crippen LogP contribution is 2.19. The molecule has 144 valence electrons. The van der Waals surface area contributed by atoms with Gasteiger partial charge in [0.05, 0.1) is 6.10 Å². The van der Waals surface area contributed by atoms with Crippen LogP contribution in [0.5, 0.6) is 0 Å². The van der Waals surface area contributed by atoms with Gasteiger partial charge in [-0.15, -0.1) is 24.0 Å². The minimum absolute atomic E-state index is 0. The van der Waals surface area contributed by atoms with Crippen molar-refractivity contribution in [3.05, 3.63) is 35.5 Å². The van der Waals surface area contributed by atoms with Crippen molar-refractivity contribution in [3.63, 3.8) is 0 Å². The molecule has 1 aliphatic rings. The molecule has 1 aliphatic heterocycles.